The SMILES string of the molecule is CC1=CC(C)(S(=O)(=O)n2ccc3cccnc32)C(S(=O)(=O)N2CCCC2)C=C1B1OC(C)(C)C(C)(C)O1. The van der Waals surface area contributed by atoms with Crippen LogP contribution in [0.1, 0.15) is 54.4 Å². The van der Waals surface area contributed by atoms with Crippen LogP contribution >= 0.6 is 0 Å². The van der Waals surface area contributed by atoms with E-state index in [9.17, 15) is 16.8 Å². The van der Waals surface area contributed by atoms with Gasteiger partial charge in [-0.2, -0.15) is 0 Å². The molecule has 0 saturated carbocycles. The first-order valence-electron chi connectivity index (χ1n) is 12.6. The van der Waals surface area contributed by atoms with Gasteiger partial charge in [-0.3, -0.25) is 0 Å². The summed E-state index contributed by atoms with van der Waals surface area (Å²) in [5.41, 5.74) is 0.124. The van der Waals surface area contributed by atoms with Crippen LogP contribution < -0.4 is 0 Å². The van der Waals surface area contributed by atoms with Crippen LogP contribution in [-0.2, 0) is 29.4 Å². The van der Waals surface area contributed by atoms with Crippen LogP contribution in [0.25, 0.3) is 11.0 Å². The van der Waals surface area contributed by atoms with Gasteiger partial charge in [0.1, 0.15) is 10.00 Å². The predicted molar refractivity (Wildman–Crippen MR) is 144 cm³/mol. The molecule has 2 fully saturated rings. The maximum atomic E-state index is 14.3. The molecule has 0 spiro atoms. The molecule has 4 heterocycles. The first-order chi connectivity index (χ1) is 17.1. The lowest BCUT2D eigenvalue weighted by atomic mass is 9.70. The third-order valence-electron chi connectivity index (χ3n) is 8.34. The van der Waals surface area contributed by atoms with Crippen molar-refractivity contribution in [2.24, 2.45) is 0 Å². The molecule has 2 aliphatic heterocycles. The Hall–Kier alpha value is -1.99. The summed E-state index contributed by atoms with van der Waals surface area (Å²) in [7, 11) is -9.16. The zero-order valence-electron chi connectivity index (χ0n) is 22.1. The minimum absolute atomic E-state index is 0.257. The number of sulfonamides is 1. The van der Waals surface area contributed by atoms with Crippen molar-refractivity contribution in [2.75, 3.05) is 13.1 Å². The lowest BCUT2D eigenvalue weighted by Crippen LogP contribution is -2.55. The molecule has 0 amide bonds. The average Bonchev–Trinajstić information content (AvgIpc) is 3.52. The molecular formula is C25H34BN3O6S2. The second-order valence-electron chi connectivity index (χ2n) is 11.3. The Balaban J connectivity index is 1.68. The molecule has 2 saturated heterocycles. The van der Waals surface area contributed by atoms with Gasteiger partial charge < -0.3 is 9.31 Å². The van der Waals surface area contributed by atoms with Crippen LogP contribution in [0, 0.1) is 0 Å². The molecule has 1 aliphatic carbocycles. The second kappa shape index (κ2) is 8.51. The first kappa shape index (κ1) is 26.6. The van der Waals surface area contributed by atoms with Crippen molar-refractivity contribution in [2.45, 2.75) is 75.6 Å². The van der Waals surface area contributed by atoms with E-state index in [1.54, 1.807) is 37.3 Å². The lowest BCUT2D eigenvalue weighted by Gasteiger charge is -2.38. The molecule has 37 heavy (non-hydrogen) atoms. The second-order valence-corrected chi connectivity index (χ2v) is 15.6. The van der Waals surface area contributed by atoms with Crippen molar-refractivity contribution < 1.29 is 26.1 Å². The molecule has 5 rings (SSSR count). The number of aromatic nitrogens is 2. The third-order valence-corrected chi connectivity index (χ3v) is 13.1. The summed E-state index contributed by atoms with van der Waals surface area (Å²) in [6.45, 7) is 11.7. The van der Waals surface area contributed by atoms with Crippen molar-refractivity contribution in [3.8, 4) is 0 Å². The fourth-order valence-electron chi connectivity index (χ4n) is 5.34. The summed E-state index contributed by atoms with van der Waals surface area (Å²) in [5.74, 6) is 0. The van der Waals surface area contributed by atoms with Gasteiger partial charge in [0.05, 0.1) is 11.2 Å². The zero-order chi connectivity index (χ0) is 27.0. The topological polar surface area (TPSA) is 108 Å². The minimum Gasteiger partial charge on any atom is -0.399 e. The number of pyridine rings is 1. The van der Waals surface area contributed by atoms with E-state index < -0.39 is 48.4 Å². The minimum atomic E-state index is -4.29. The van der Waals surface area contributed by atoms with Gasteiger partial charge in [0.15, 0.2) is 5.65 Å². The van der Waals surface area contributed by atoms with Crippen molar-refractivity contribution in [1.82, 2.24) is 13.3 Å². The molecule has 12 heteroatoms. The fraction of sp³-hybridized carbons (Fsp3) is 0.560. The van der Waals surface area contributed by atoms with E-state index in [1.807, 2.05) is 27.7 Å². The summed E-state index contributed by atoms with van der Waals surface area (Å²) in [5, 5.41) is -0.736. The van der Waals surface area contributed by atoms with Crippen LogP contribution in [0.5, 0.6) is 0 Å². The highest BCUT2D eigenvalue weighted by Crippen LogP contribution is 2.45. The Labute approximate surface area is 219 Å². The predicted octanol–water partition coefficient (Wildman–Crippen LogP) is 3.28. The monoisotopic (exact) mass is 547 g/mol. The molecule has 3 aliphatic rings. The summed E-state index contributed by atoms with van der Waals surface area (Å²) in [4.78, 5) is 4.27. The van der Waals surface area contributed by atoms with E-state index in [2.05, 4.69) is 4.98 Å². The van der Waals surface area contributed by atoms with Gasteiger partial charge in [0.25, 0.3) is 10.0 Å². The summed E-state index contributed by atoms with van der Waals surface area (Å²) < 4.78 is 70.0. The van der Waals surface area contributed by atoms with Crippen LogP contribution in [0.4, 0.5) is 0 Å². The average molecular weight is 548 g/mol. The van der Waals surface area contributed by atoms with Gasteiger partial charge in [-0.25, -0.2) is 30.1 Å². The Bertz CT molecular complexity index is 1500. The number of nitrogens with zero attached hydrogens (tertiary/aromatic N) is 3. The normalized spacial score (nSPS) is 28.5. The number of hydrogen-bond donors (Lipinski definition) is 0. The Morgan fingerprint density at radius 1 is 1.00 bits per heavy atom. The molecule has 2 aromatic rings. The molecule has 9 nitrogen and oxygen atoms in total. The Morgan fingerprint density at radius 3 is 2.24 bits per heavy atom. The van der Waals surface area contributed by atoms with Crippen LogP contribution in [-0.4, -0.2) is 71.5 Å². The number of allylic oxidation sites excluding steroid dienone is 2. The molecular weight excluding hydrogens is 513 g/mol. The summed E-state index contributed by atoms with van der Waals surface area (Å²) >= 11 is 0. The van der Waals surface area contributed by atoms with Gasteiger partial charge in [-0.15, -0.1) is 0 Å². The van der Waals surface area contributed by atoms with Crippen LogP contribution in [0.3, 0.4) is 0 Å². The van der Waals surface area contributed by atoms with E-state index in [-0.39, 0.29) is 5.65 Å². The first-order valence-corrected chi connectivity index (χ1v) is 15.5. The van der Waals surface area contributed by atoms with E-state index in [0.717, 1.165) is 16.8 Å². The summed E-state index contributed by atoms with van der Waals surface area (Å²) in [6.07, 6.45) is 7.54. The molecule has 200 valence electrons. The lowest BCUT2D eigenvalue weighted by molar-refractivity contribution is 0.00578. The van der Waals surface area contributed by atoms with E-state index in [1.165, 1.54) is 23.6 Å². The Morgan fingerprint density at radius 2 is 1.62 bits per heavy atom. The highest BCUT2D eigenvalue weighted by atomic mass is 32.2. The molecule has 0 aromatic carbocycles. The molecule has 0 N–H and O–H groups in total. The largest absolute Gasteiger partial charge is 0.494 e. The molecule has 2 aromatic heterocycles. The van der Waals surface area contributed by atoms with Gasteiger partial charge in [-0.05, 0) is 78.1 Å². The van der Waals surface area contributed by atoms with Crippen molar-refractivity contribution in [1.29, 1.82) is 0 Å². The van der Waals surface area contributed by atoms with Crippen molar-refractivity contribution in [3.63, 3.8) is 0 Å². The highest BCUT2D eigenvalue weighted by Gasteiger charge is 2.58. The summed E-state index contributed by atoms with van der Waals surface area (Å²) in [6, 6.07) is 5.16. The number of fused-ring (bicyclic) bond motifs is 1. The van der Waals surface area contributed by atoms with Gasteiger partial charge >= 0.3 is 7.12 Å². The van der Waals surface area contributed by atoms with Gasteiger partial charge in [0.2, 0.25) is 10.0 Å². The molecule has 0 bridgehead atoms. The standard InChI is InChI=1S/C25H34BN3O6S2/c1-18-17-25(6,37(32,33)29-15-11-19-10-9-12-27-22(19)29)21(36(30,31)28-13-7-8-14-28)16-20(18)26-34-23(2,3)24(4,5)35-26/h9-12,15-17,21H,7-8,13-14H2,1-6H3. The van der Waals surface area contributed by atoms with Crippen molar-refractivity contribution >= 4 is 38.2 Å². The van der Waals surface area contributed by atoms with E-state index in [4.69, 9.17) is 9.31 Å². The Kier molecular flexibility index (Phi) is 6.12. The fourth-order valence-corrected chi connectivity index (χ4v) is 9.85. The maximum Gasteiger partial charge on any atom is 0.494 e. The number of rotatable bonds is 5. The zero-order valence-corrected chi connectivity index (χ0v) is 23.8. The van der Waals surface area contributed by atoms with E-state index in [0.29, 0.717) is 29.5 Å². The van der Waals surface area contributed by atoms with Gasteiger partial charge in [-0.1, -0.05) is 17.7 Å². The van der Waals surface area contributed by atoms with Crippen LogP contribution in [0.2, 0.25) is 0 Å². The molecule has 2 unspecified atom stereocenters. The third kappa shape index (κ3) is 3.94. The molecule has 0 radical (unpaired) electrons. The maximum absolute atomic E-state index is 14.3. The highest BCUT2D eigenvalue weighted by molar-refractivity contribution is 7.95. The smallest absolute Gasteiger partial charge is 0.399 e. The quantitative estimate of drug-likeness (QED) is 0.529. The molecule has 2 atom stereocenters. The van der Waals surface area contributed by atoms with Crippen LogP contribution in [0.15, 0.2) is 53.8 Å². The number of hydrogen-bond acceptors (Lipinski definition) is 7. The van der Waals surface area contributed by atoms with Gasteiger partial charge in [0, 0.05) is 30.9 Å². The van der Waals surface area contributed by atoms with E-state index >= 15 is 0 Å². The van der Waals surface area contributed by atoms with Crippen molar-refractivity contribution in [3.05, 3.63) is 53.8 Å².